The van der Waals surface area contributed by atoms with E-state index in [0.29, 0.717) is 5.13 Å². The molecule has 0 radical (unpaired) electrons. The van der Waals surface area contributed by atoms with Crippen LogP contribution in [0.5, 0.6) is 0 Å². The van der Waals surface area contributed by atoms with E-state index in [1.807, 2.05) is 0 Å². The maximum Gasteiger partial charge on any atom is 0.180 e. The lowest BCUT2D eigenvalue weighted by Gasteiger charge is -2.20. The van der Waals surface area contributed by atoms with Crippen LogP contribution in [0.25, 0.3) is 6.08 Å². The van der Waals surface area contributed by atoms with E-state index in [2.05, 4.69) is 53.2 Å². The summed E-state index contributed by atoms with van der Waals surface area (Å²) in [5, 5.41) is 0.716. The monoisotopic (exact) mass is 299 g/mol. The third-order valence-electron chi connectivity index (χ3n) is 3.80. The topological polar surface area (TPSA) is 42.2 Å². The largest absolute Gasteiger partial charge is 0.375 e. The highest BCUT2D eigenvalue weighted by atomic mass is 32.1. The van der Waals surface area contributed by atoms with E-state index in [9.17, 15) is 0 Å². The molecule has 0 saturated carbocycles. The Morgan fingerprint density at radius 3 is 2.86 bits per heavy atom. The van der Waals surface area contributed by atoms with Gasteiger partial charge >= 0.3 is 0 Å². The molecular formula is C17H21N3S. The molecule has 3 rings (SSSR count). The van der Waals surface area contributed by atoms with Crippen molar-refractivity contribution in [2.24, 2.45) is 0 Å². The van der Waals surface area contributed by atoms with Crippen LogP contribution in [0.4, 0.5) is 5.13 Å². The molecule has 0 saturated heterocycles. The van der Waals surface area contributed by atoms with Crippen molar-refractivity contribution >= 4 is 22.5 Å². The molecule has 1 aliphatic heterocycles. The molecule has 0 fully saturated rings. The van der Waals surface area contributed by atoms with Crippen molar-refractivity contribution in [3.63, 3.8) is 0 Å². The Balaban J connectivity index is 1.62. The summed E-state index contributed by atoms with van der Waals surface area (Å²) in [7, 11) is 0. The molecule has 0 spiro atoms. The molecule has 1 aliphatic rings. The van der Waals surface area contributed by atoms with Crippen molar-refractivity contribution in [1.82, 2.24) is 9.88 Å². The Hall–Kier alpha value is -1.65. The number of hydrogen-bond acceptors (Lipinski definition) is 4. The number of benzene rings is 1. The van der Waals surface area contributed by atoms with Gasteiger partial charge in [0.1, 0.15) is 0 Å². The molecule has 0 bridgehead atoms. The molecule has 2 N–H and O–H groups in total. The summed E-state index contributed by atoms with van der Waals surface area (Å²) in [5.41, 5.74) is 9.69. The molecule has 1 aromatic heterocycles. The second kappa shape index (κ2) is 6.41. The van der Waals surface area contributed by atoms with Gasteiger partial charge in [-0.1, -0.05) is 42.0 Å². The minimum Gasteiger partial charge on any atom is -0.375 e. The van der Waals surface area contributed by atoms with Crippen LogP contribution in [-0.2, 0) is 12.8 Å². The van der Waals surface area contributed by atoms with E-state index in [-0.39, 0.29) is 0 Å². The number of fused-ring (bicyclic) bond motifs is 1. The van der Waals surface area contributed by atoms with E-state index in [4.69, 9.17) is 5.73 Å². The second-order valence-corrected chi connectivity index (χ2v) is 6.71. The fourth-order valence-corrected chi connectivity index (χ4v) is 3.69. The van der Waals surface area contributed by atoms with E-state index in [1.165, 1.54) is 21.7 Å². The number of hydrogen-bond donors (Lipinski definition) is 1. The third kappa shape index (κ3) is 3.71. The molecule has 110 valence electrons. The quantitative estimate of drug-likeness (QED) is 0.946. The fraction of sp³-hybridized carbons (Fsp3) is 0.353. The predicted octanol–water partition coefficient (Wildman–Crippen LogP) is 3.23. The first-order chi connectivity index (χ1) is 10.2. The molecule has 0 amide bonds. The molecule has 2 heterocycles. The molecule has 21 heavy (non-hydrogen) atoms. The highest BCUT2D eigenvalue weighted by Gasteiger charge is 2.17. The summed E-state index contributed by atoms with van der Waals surface area (Å²) in [6.07, 6.45) is 4.36. The molecule has 2 aromatic rings. The number of nitrogen functional groups attached to an aromatic ring is 1. The van der Waals surface area contributed by atoms with E-state index >= 15 is 0 Å². The highest BCUT2D eigenvalue weighted by Crippen LogP contribution is 2.24. The second-order valence-electron chi connectivity index (χ2n) is 5.60. The van der Waals surface area contributed by atoms with Gasteiger partial charge in [-0.2, -0.15) is 0 Å². The van der Waals surface area contributed by atoms with Crippen molar-refractivity contribution in [2.75, 3.05) is 25.4 Å². The Bertz CT molecular complexity index is 605. The molecule has 3 nitrogen and oxygen atoms in total. The van der Waals surface area contributed by atoms with Gasteiger partial charge < -0.3 is 5.73 Å². The van der Waals surface area contributed by atoms with Crippen LogP contribution in [0.3, 0.4) is 0 Å². The summed E-state index contributed by atoms with van der Waals surface area (Å²) < 4.78 is 0. The zero-order valence-corrected chi connectivity index (χ0v) is 13.2. The summed E-state index contributed by atoms with van der Waals surface area (Å²) in [4.78, 5) is 8.34. The zero-order chi connectivity index (χ0) is 14.7. The van der Waals surface area contributed by atoms with Crippen LogP contribution in [0, 0.1) is 0 Å². The van der Waals surface area contributed by atoms with Crippen LogP contribution >= 0.6 is 11.3 Å². The van der Waals surface area contributed by atoms with Gasteiger partial charge in [0.05, 0.1) is 5.69 Å². The van der Waals surface area contributed by atoms with Gasteiger partial charge in [0.15, 0.2) is 5.13 Å². The maximum atomic E-state index is 5.80. The summed E-state index contributed by atoms with van der Waals surface area (Å²) in [6.45, 7) is 5.40. The smallest absolute Gasteiger partial charge is 0.180 e. The molecule has 0 aliphatic carbocycles. The van der Waals surface area contributed by atoms with Gasteiger partial charge in [-0.15, -0.1) is 11.3 Å². The number of rotatable bonds is 3. The van der Waals surface area contributed by atoms with Crippen LogP contribution < -0.4 is 5.73 Å². The van der Waals surface area contributed by atoms with Crippen molar-refractivity contribution in [3.05, 3.63) is 52.0 Å². The summed E-state index contributed by atoms with van der Waals surface area (Å²) in [6, 6.07) is 10.5. The van der Waals surface area contributed by atoms with Gasteiger partial charge in [-0.05, 0) is 18.9 Å². The van der Waals surface area contributed by atoms with Gasteiger partial charge in [-0.25, -0.2) is 4.98 Å². The minimum absolute atomic E-state index is 0.716. The fourth-order valence-electron chi connectivity index (χ4n) is 2.82. The van der Waals surface area contributed by atoms with Gasteiger partial charge in [-0.3, -0.25) is 4.90 Å². The first kappa shape index (κ1) is 14.3. The molecule has 0 unspecified atom stereocenters. The third-order valence-corrected chi connectivity index (χ3v) is 4.79. The number of nitrogens with zero attached hydrogens (tertiary/aromatic N) is 2. The standard InChI is InChI=1S/C17H21N3S/c1-13(11-14-5-3-2-4-6-14)12-20-9-7-15-16(8-10-20)21-17(18)19-15/h2-6,11H,7-10,12H2,1H3,(H2,18,19)/b13-11+. The predicted molar refractivity (Wildman–Crippen MR) is 90.5 cm³/mol. The lowest BCUT2D eigenvalue weighted by atomic mass is 10.1. The Kier molecular flexibility index (Phi) is 4.36. The SMILES string of the molecule is C/C(=C\c1ccccc1)CN1CCc2nc(N)sc2CC1. The maximum absolute atomic E-state index is 5.80. The van der Waals surface area contributed by atoms with Gasteiger partial charge in [0.2, 0.25) is 0 Å². The molecule has 4 heteroatoms. The van der Waals surface area contributed by atoms with Crippen LogP contribution in [-0.4, -0.2) is 29.5 Å². The Labute approximate surface area is 130 Å². The number of thiazole rings is 1. The molecule has 0 atom stereocenters. The molecule has 1 aromatic carbocycles. The van der Waals surface area contributed by atoms with Crippen LogP contribution in [0.15, 0.2) is 35.9 Å². The van der Waals surface area contributed by atoms with Gasteiger partial charge in [0, 0.05) is 30.9 Å². The first-order valence-electron chi connectivity index (χ1n) is 7.39. The van der Waals surface area contributed by atoms with E-state index in [1.54, 1.807) is 11.3 Å². The van der Waals surface area contributed by atoms with Crippen molar-refractivity contribution in [3.8, 4) is 0 Å². The van der Waals surface area contributed by atoms with Crippen LogP contribution in [0.2, 0.25) is 0 Å². The Morgan fingerprint density at radius 1 is 1.29 bits per heavy atom. The lowest BCUT2D eigenvalue weighted by Crippen LogP contribution is -2.28. The lowest BCUT2D eigenvalue weighted by molar-refractivity contribution is 0.312. The number of nitrogens with two attached hydrogens (primary N) is 1. The van der Waals surface area contributed by atoms with Gasteiger partial charge in [0.25, 0.3) is 0 Å². The van der Waals surface area contributed by atoms with E-state index < -0.39 is 0 Å². The highest BCUT2D eigenvalue weighted by molar-refractivity contribution is 7.15. The summed E-state index contributed by atoms with van der Waals surface area (Å²) in [5.74, 6) is 0. The summed E-state index contributed by atoms with van der Waals surface area (Å²) >= 11 is 1.65. The Morgan fingerprint density at radius 2 is 2.05 bits per heavy atom. The number of anilines is 1. The average molecular weight is 299 g/mol. The van der Waals surface area contributed by atoms with Crippen molar-refractivity contribution in [1.29, 1.82) is 0 Å². The normalized spacial score (nSPS) is 16.5. The zero-order valence-electron chi connectivity index (χ0n) is 12.4. The number of aromatic nitrogens is 1. The first-order valence-corrected chi connectivity index (χ1v) is 8.21. The van der Waals surface area contributed by atoms with E-state index in [0.717, 1.165) is 32.5 Å². The van der Waals surface area contributed by atoms with Crippen molar-refractivity contribution in [2.45, 2.75) is 19.8 Å². The minimum atomic E-state index is 0.716. The van der Waals surface area contributed by atoms with Crippen molar-refractivity contribution < 1.29 is 0 Å². The van der Waals surface area contributed by atoms with Crippen LogP contribution in [0.1, 0.15) is 23.1 Å². The molecular weight excluding hydrogens is 278 g/mol. The average Bonchev–Trinajstić information content (AvgIpc) is 2.73.